The molecule has 0 fully saturated rings. The molecule has 0 aliphatic rings. The molecule has 0 saturated carbocycles. The topological polar surface area (TPSA) is 60.4 Å². The Labute approximate surface area is 86.9 Å². The van der Waals surface area contributed by atoms with E-state index >= 15 is 0 Å². The third-order valence-corrected chi connectivity index (χ3v) is 2.53. The number of hydrogen-bond donors (Lipinski definition) is 0. The lowest BCUT2D eigenvalue weighted by atomic mass is 10.2. The average Bonchev–Trinajstić information content (AvgIpc) is 2.17. The maximum Gasteiger partial charge on any atom is 0.339 e. The first kappa shape index (κ1) is 11.6. The second-order valence-electron chi connectivity index (χ2n) is 2.65. The van der Waals surface area contributed by atoms with E-state index < -0.39 is 21.1 Å². The van der Waals surface area contributed by atoms with E-state index in [-0.39, 0.29) is 12.2 Å². The Morgan fingerprint density at radius 2 is 2.00 bits per heavy atom. The Morgan fingerprint density at radius 3 is 2.53 bits per heavy atom. The maximum absolute atomic E-state index is 12.7. The van der Waals surface area contributed by atoms with E-state index in [2.05, 4.69) is 4.74 Å². The monoisotopic (exact) mass is 232 g/mol. The molecular weight excluding hydrogens is 223 g/mol. The van der Waals surface area contributed by atoms with Crippen LogP contribution in [-0.4, -0.2) is 21.0 Å². The van der Waals surface area contributed by atoms with Gasteiger partial charge in [-0.3, -0.25) is 0 Å². The van der Waals surface area contributed by atoms with Crippen LogP contribution in [0.3, 0.4) is 0 Å². The SMILES string of the molecule is CCOC(=O)c1ccccc1S(=O)(=O)F. The summed E-state index contributed by atoms with van der Waals surface area (Å²) in [6.07, 6.45) is 0. The molecule has 0 radical (unpaired) electrons. The van der Waals surface area contributed by atoms with Crippen molar-refractivity contribution in [3.05, 3.63) is 29.8 Å². The van der Waals surface area contributed by atoms with Gasteiger partial charge in [-0.25, -0.2) is 4.79 Å². The summed E-state index contributed by atoms with van der Waals surface area (Å²) in [4.78, 5) is 10.6. The minimum Gasteiger partial charge on any atom is -0.462 e. The van der Waals surface area contributed by atoms with Crippen molar-refractivity contribution in [2.45, 2.75) is 11.8 Å². The minimum absolute atomic E-state index is 0.0967. The number of benzene rings is 1. The van der Waals surface area contributed by atoms with E-state index in [0.29, 0.717) is 0 Å². The number of rotatable bonds is 3. The number of ether oxygens (including phenoxy) is 1. The first-order valence-corrected chi connectivity index (χ1v) is 5.56. The van der Waals surface area contributed by atoms with Crippen molar-refractivity contribution in [3.63, 3.8) is 0 Å². The van der Waals surface area contributed by atoms with E-state index in [0.717, 1.165) is 6.07 Å². The lowest BCUT2D eigenvalue weighted by Gasteiger charge is -2.04. The molecule has 1 aromatic carbocycles. The largest absolute Gasteiger partial charge is 0.462 e. The van der Waals surface area contributed by atoms with Gasteiger partial charge in [0.05, 0.1) is 12.2 Å². The summed E-state index contributed by atoms with van der Waals surface area (Å²) in [6.45, 7) is 1.67. The molecule has 6 heteroatoms. The van der Waals surface area contributed by atoms with Gasteiger partial charge in [-0.05, 0) is 19.1 Å². The molecule has 0 atom stereocenters. The highest BCUT2D eigenvalue weighted by Crippen LogP contribution is 2.18. The summed E-state index contributed by atoms with van der Waals surface area (Å²) in [5.74, 6) is -0.852. The van der Waals surface area contributed by atoms with Crippen molar-refractivity contribution in [3.8, 4) is 0 Å². The average molecular weight is 232 g/mol. The van der Waals surface area contributed by atoms with E-state index in [1.165, 1.54) is 18.2 Å². The molecule has 0 spiro atoms. The number of halogens is 1. The zero-order valence-electron chi connectivity index (χ0n) is 7.94. The summed E-state index contributed by atoms with van der Waals surface area (Å²) in [6, 6.07) is 4.97. The van der Waals surface area contributed by atoms with E-state index in [1.807, 2.05) is 0 Å². The Morgan fingerprint density at radius 1 is 1.40 bits per heavy atom. The highest BCUT2D eigenvalue weighted by Gasteiger charge is 2.21. The normalized spacial score (nSPS) is 11.1. The quantitative estimate of drug-likeness (QED) is 0.585. The van der Waals surface area contributed by atoms with Gasteiger partial charge in [0.15, 0.2) is 0 Å². The van der Waals surface area contributed by atoms with Gasteiger partial charge in [0, 0.05) is 0 Å². The molecule has 0 N–H and O–H groups in total. The fourth-order valence-electron chi connectivity index (χ4n) is 1.06. The molecular formula is C9H9FO4S. The molecule has 0 amide bonds. The molecule has 0 aromatic heterocycles. The zero-order valence-corrected chi connectivity index (χ0v) is 8.75. The minimum atomic E-state index is -4.90. The Kier molecular flexibility index (Phi) is 3.41. The molecule has 1 aromatic rings. The van der Waals surface area contributed by atoms with Crippen LogP contribution in [0.25, 0.3) is 0 Å². The van der Waals surface area contributed by atoms with E-state index in [4.69, 9.17) is 0 Å². The van der Waals surface area contributed by atoms with Gasteiger partial charge in [0.1, 0.15) is 4.90 Å². The maximum atomic E-state index is 12.7. The summed E-state index contributed by atoms with van der Waals surface area (Å²) in [5.41, 5.74) is -0.290. The van der Waals surface area contributed by atoms with Crippen LogP contribution in [0.4, 0.5) is 3.89 Å². The molecule has 0 aliphatic heterocycles. The van der Waals surface area contributed by atoms with Crippen LogP contribution in [0.2, 0.25) is 0 Å². The molecule has 0 heterocycles. The Hall–Kier alpha value is -1.43. The first-order valence-electron chi connectivity index (χ1n) is 4.17. The van der Waals surface area contributed by atoms with Crippen molar-refractivity contribution < 1.29 is 21.8 Å². The van der Waals surface area contributed by atoms with Crippen molar-refractivity contribution in [1.29, 1.82) is 0 Å². The summed E-state index contributed by atoms with van der Waals surface area (Å²) in [7, 11) is -4.90. The standard InChI is InChI=1S/C9H9FO4S/c1-2-14-9(11)7-5-3-4-6-8(7)15(10,12)13/h3-6H,2H2,1H3. The molecule has 82 valence electrons. The van der Waals surface area contributed by atoms with Crippen LogP contribution in [0.1, 0.15) is 17.3 Å². The van der Waals surface area contributed by atoms with Crippen LogP contribution in [0.5, 0.6) is 0 Å². The number of esters is 1. The smallest absolute Gasteiger partial charge is 0.339 e. The number of carbonyl (C=O) groups excluding carboxylic acids is 1. The van der Waals surface area contributed by atoms with Crippen LogP contribution in [0.15, 0.2) is 29.2 Å². The van der Waals surface area contributed by atoms with E-state index in [9.17, 15) is 17.1 Å². The Balaban J connectivity index is 3.25. The lowest BCUT2D eigenvalue weighted by Crippen LogP contribution is -2.09. The van der Waals surface area contributed by atoms with Gasteiger partial charge in [-0.1, -0.05) is 12.1 Å². The van der Waals surface area contributed by atoms with Crippen LogP contribution in [0, 0.1) is 0 Å². The molecule has 4 nitrogen and oxygen atoms in total. The highest BCUT2D eigenvalue weighted by atomic mass is 32.3. The fraction of sp³-hybridized carbons (Fsp3) is 0.222. The van der Waals surface area contributed by atoms with E-state index in [1.54, 1.807) is 6.92 Å². The third kappa shape index (κ3) is 2.76. The zero-order chi connectivity index (χ0) is 11.5. The summed E-state index contributed by atoms with van der Waals surface area (Å²) < 4.78 is 38.7. The lowest BCUT2D eigenvalue weighted by molar-refractivity contribution is 0.0521. The van der Waals surface area contributed by atoms with Crippen molar-refractivity contribution in [2.24, 2.45) is 0 Å². The van der Waals surface area contributed by atoms with Crippen molar-refractivity contribution in [1.82, 2.24) is 0 Å². The van der Waals surface area contributed by atoms with Crippen LogP contribution in [-0.2, 0) is 15.0 Å². The summed E-state index contributed by atoms with van der Waals surface area (Å²) >= 11 is 0. The summed E-state index contributed by atoms with van der Waals surface area (Å²) in [5, 5.41) is 0. The van der Waals surface area contributed by atoms with Gasteiger partial charge in [-0.2, -0.15) is 8.42 Å². The second kappa shape index (κ2) is 4.39. The Bertz CT molecular complexity index is 467. The van der Waals surface area contributed by atoms with Crippen LogP contribution >= 0.6 is 0 Å². The first-order chi connectivity index (χ1) is 6.96. The van der Waals surface area contributed by atoms with Gasteiger partial charge >= 0.3 is 16.2 Å². The van der Waals surface area contributed by atoms with Gasteiger partial charge in [0.2, 0.25) is 0 Å². The molecule has 15 heavy (non-hydrogen) atoms. The van der Waals surface area contributed by atoms with Gasteiger partial charge in [-0.15, -0.1) is 3.89 Å². The second-order valence-corrected chi connectivity index (χ2v) is 3.97. The molecule has 0 bridgehead atoms. The van der Waals surface area contributed by atoms with Gasteiger partial charge < -0.3 is 4.74 Å². The molecule has 0 saturated heterocycles. The van der Waals surface area contributed by atoms with Crippen molar-refractivity contribution >= 4 is 16.2 Å². The molecule has 1 rings (SSSR count). The fourth-order valence-corrected chi connectivity index (χ4v) is 1.71. The van der Waals surface area contributed by atoms with Gasteiger partial charge in [0.25, 0.3) is 0 Å². The molecule has 0 unspecified atom stereocenters. The predicted octanol–water partition coefficient (Wildman–Crippen LogP) is 1.52. The number of carbonyl (C=O) groups is 1. The van der Waals surface area contributed by atoms with Crippen molar-refractivity contribution in [2.75, 3.05) is 6.61 Å². The third-order valence-electron chi connectivity index (χ3n) is 1.65. The molecule has 0 aliphatic carbocycles. The predicted molar refractivity (Wildman–Crippen MR) is 50.7 cm³/mol. The van der Waals surface area contributed by atoms with Crippen LogP contribution < -0.4 is 0 Å². The highest BCUT2D eigenvalue weighted by molar-refractivity contribution is 7.86. The number of hydrogen-bond acceptors (Lipinski definition) is 4.